The highest BCUT2D eigenvalue weighted by atomic mass is 16.5. The maximum Gasteiger partial charge on any atom is 0.253 e. The van der Waals surface area contributed by atoms with Crippen LogP contribution in [0, 0.1) is 0 Å². The number of benzene rings is 5. The topological polar surface area (TPSA) is 203 Å². The molecular weight excluding hydrogens is 1540 g/mol. The summed E-state index contributed by atoms with van der Waals surface area (Å²) in [6.07, 6.45) is 68.9. The van der Waals surface area contributed by atoms with Crippen LogP contribution in [0.15, 0.2) is 152 Å². The zero-order valence-electron chi connectivity index (χ0n) is 78.4. The average Bonchev–Trinajstić information content (AvgIpc) is 0.762. The first-order chi connectivity index (χ1) is 60.7. The van der Waals surface area contributed by atoms with E-state index in [2.05, 4.69) is 71.0 Å². The van der Waals surface area contributed by atoms with Gasteiger partial charge in [-0.25, -0.2) is 25.3 Å². The minimum atomic E-state index is -0.176. The lowest BCUT2D eigenvalue weighted by Gasteiger charge is -2.37. The predicted molar refractivity (Wildman–Crippen MR) is 509 cm³/mol. The van der Waals surface area contributed by atoms with E-state index in [9.17, 15) is 50.0 Å². The van der Waals surface area contributed by atoms with E-state index in [-0.39, 0.29) is 89.3 Å². The number of hydrogen-bond acceptors (Lipinski definition) is 10. The molecule has 0 aromatic heterocycles. The van der Waals surface area contributed by atoms with E-state index in [1.807, 2.05) is 115 Å². The van der Waals surface area contributed by atoms with Crippen molar-refractivity contribution in [1.82, 2.24) is 25.3 Å². The number of nitrogens with zero attached hydrogens (tertiary/aromatic N) is 5. The molecule has 0 aliphatic carbocycles. The molecule has 124 heavy (non-hydrogen) atoms. The number of hydroxylamine groups is 10. The van der Waals surface area contributed by atoms with Gasteiger partial charge in [0, 0.05) is 37.0 Å². The highest BCUT2D eigenvalue weighted by molar-refractivity contribution is 5.84. The molecular formula is C109H173N5O10. The van der Waals surface area contributed by atoms with E-state index in [0.29, 0.717) is 19.3 Å². The molecule has 0 saturated carbocycles. The standard InChI is InChI=1S/2C23H37NO2.3C21H33NO2/c1-2-3-4-5-6-7-8-9-10-14-17-22-21(18-19-23(25)24(22)26)20-15-12-11-13-16-20;1-2-3-4-5-6-7-8-9-10-14-17-21-18-19-22(23(25)24(21)26)20-15-12-11-13-16-20;2*1-2-3-4-5-6-7-8-12-15-20-19(16-17-21(23)22(20)24)18-13-10-9-11-14-18;1-2-3-4-5-6-7-8-12-15-19-16-17-20(21(23)22(19)24)18-13-10-9-11-14-18/h2*11-13,15-16,21-22,26H,2-10,14,17-19H2,1H3;3*9-11,13-14,19-20,24H,2-8,12,15-17H2,1H3/t2*21-,22-;19-,20+;2*19-,20-/m01001/s1. The zero-order valence-corrected chi connectivity index (χ0v) is 78.4. The Kier molecular flexibility index (Phi) is 57.0. The Morgan fingerprint density at radius 3 is 0.613 bits per heavy atom. The monoisotopic (exact) mass is 1710 g/mol. The second kappa shape index (κ2) is 66.6. The van der Waals surface area contributed by atoms with E-state index >= 15 is 0 Å². The maximum atomic E-state index is 12.5. The molecule has 5 aliphatic rings. The van der Waals surface area contributed by atoms with Crippen LogP contribution in [0.25, 0.3) is 0 Å². The number of carbonyl (C=O) groups excluding carboxylic acids is 5. The Bertz CT molecular complexity index is 3390. The smallest absolute Gasteiger partial charge is 0.253 e. The van der Waals surface area contributed by atoms with Gasteiger partial charge in [-0.2, -0.15) is 0 Å². The van der Waals surface area contributed by atoms with Gasteiger partial charge in [0.2, 0.25) is 17.7 Å². The first kappa shape index (κ1) is 106. The predicted octanol–water partition coefficient (Wildman–Crippen LogP) is 30.0. The lowest BCUT2D eigenvalue weighted by atomic mass is 9.82. The summed E-state index contributed by atoms with van der Waals surface area (Å²) < 4.78 is 0. The second-order valence-electron chi connectivity index (χ2n) is 37.1. The van der Waals surface area contributed by atoms with Crippen LogP contribution >= 0.6 is 0 Å². The molecule has 15 nitrogen and oxygen atoms in total. The van der Waals surface area contributed by atoms with Crippen molar-refractivity contribution >= 4 is 29.5 Å². The van der Waals surface area contributed by atoms with Crippen LogP contribution in [0.4, 0.5) is 0 Å². The molecule has 0 unspecified atom stereocenters. The first-order valence-electron chi connectivity index (χ1n) is 51.0. The zero-order chi connectivity index (χ0) is 88.8. The Balaban J connectivity index is 0.000000240. The van der Waals surface area contributed by atoms with Gasteiger partial charge in [0.25, 0.3) is 11.8 Å². The molecule has 0 radical (unpaired) electrons. The SMILES string of the molecule is CCCCCCCCCCCC[C@@H]1CC[C@H](c2ccccc2)C(=O)N1O.CCCCCCCCCCCC[C@H]1[C@H](c2ccccc2)CCC(=O)N1O.CCCCCCCCCC[C@@H]1CC[C@H](c2ccccc2)C(=O)N1O.CCCCCCCCCC[C@@H]1[C@H](c2ccccc2)CCC(=O)N1O.CCCCCCCCCC[C@H]1[C@H](c2ccccc2)CCC(=O)N1O. The van der Waals surface area contributed by atoms with Gasteiger partial charge in [-0.1, -0.05) is 469 Å². The van der Waals surface area contributed by atoms with Crippen molar-refractivity contribution in [3.63, 3.8) is 0 Å². The molecule has 10 rings (SSSR count). The highest BCUT2D eigenvalue weighted by Gasteiger charge is 2.40. The quantitative estimate of drug-likeness (QED) is 0.0184. The molecule has 15 heteroatoms. The summed E-state index contributed by atoms with van der Waals surface area (Å²) in [4.78, 5) is 60.7. The van der Waals surface area contributed by atoms with Crippen molar-refractivity contribution in [1.29, 1.82) is 0 Å². The minimum absolute atomic E-state index is 0.0107. The molecule has 0 spiro atoms. The maximum absolute atomic E-state index is 12.5. The van der Waals surface area contributed by atoms with Crippen LogP contribution < -0.4 is 0 Å². The molecule has 5 aromatic rings. The molecule has 5 saturated heterocycles. The second-order valence-corrected chi connectivity index (χ2v) is 37.1. The van der Waals surface area contributed by atoms with Gasteiger partial charge in [0.1, 0.15) is 0 Å². The number of rotatable bonds is 54. The van der Waals surface area contributed by atoms with Crippen molar-refractivity contribution in [3.05, 3.63) is 179 Å². The molecule has 5 heterocycles. The fourth-order valence-electron chi connectivity index (χ4n) is 19.7. The van der Waals surface area contributed by atoms with Gasteiger partial charge in [0.05, 0.1) is 42.0 Å². The highest BCUT2D eigenvalue weighted by Crippen LogP contribution is 2.40. The van der Waals surface area contributed by atoms with Crippen LogP contribution in [-0.4, -0.2) is 111 Å². The number of hydrogen-bond donors (Lipinski definition) is 5. The molecule has 5 fully saturated rings. The van der Waals surface area contributed by atoms with E-state index < -0.39 is 0 Å². The van der Waals surface area contributed by atoms with Crippen molar-refractivity contribution < 1.29 is 50.0 Å². The third-order valence-corrected chi connectivity index (χ3v) is 27.4. The van der Waals surface area contributed by atoms with E-state index in [0.717, 1.165) is 146 Å². The van der Waals surface area contributed by atoms with Gasteiger partial charge < -0.3 is 0 Å². The number of carbonyl (C=O) groups is 5. The van der Waals surface area contributed by atoms with E-state index in [4.69, 9.17) is 0 Å². The van der Waals surface area contributed by atoms with Crippen LogP contribution in [0.1, 0.15) is 471 Å². The van der Waals surface area contributed by atoms with Crippen molar-refractivity contribution in [2.45, 2.75) is 473 Å². The fraction of sp³-hybridized carbons (Fsp3) is 0.679. The van der Waals surface area contributed by atoms with Crippen LogP contribution in [0.3, 0.4) is 0 Å². The summed E-state index contributed by atoms with van der Waals surface area (Å²) in [7, 11) is 0. The minimum Gasteiger partial charge on any atom is -0.286 e. The first-order valence-corrected chi connectivity index (χ1v) is 51.0. The summed E-state index contributed by atoms with van der Waals surface area (Å²) in [6.45, 7) is 11.3. The summed E-state index contributed by atoms with van der Waals surface area (Å²) in [6, 6.07) is 50.6. The van der Waals surface area contributed by atoms with Crippen molar-refractivity contribution in [2.75, 3.05) is 0 Å². The normalized spacial score (nSPS) is 21.0. The van der Waals surface area contributed by atoms with Gasteiger partial charge in [-0.3, -0.25) is 50.0 Å². The van der Waals surface area contributed by atoms with E-state index in [1.54, 1.807) is 0 Å². The summed E-state index contributed by atoms with van der Waals surface area (Å²) in [5, 5.41) is 56.5. The molecule has 0 bridgehead atoms. The fourth-order valence-corrected chi connectivity index (χ4v) is 19.7. The van der Waals surface area contributed by atoms with Gasteiger partial charge >= 0.3 is 0 Å². The summed E-state index contributed by atoms with van der Waals surface area (Å²) >= 11 is 0. The van der Waals surface area contributed by atoms with Gasteiger partial charge in [-0.15, -0.1) is 0 Å². The summed E-state index contributed by atoms with van der Waals surface area (Å²) in [5.41, 5.74) is 5.78. The van der Waals surface area contributed by atoms with Crippen LogP contribution in [0.2, 0.25) is 0 Å². The Morgan fingerprint density at radius 1 is 0.218 bits per heavy atom. The Hall–Kier alpha value is -6.75. The number of unbranched alkanes of at least 4 members (excludes halogenated alkanes) is 39. The summed E-state index contributed by atoms with van der Waals surface area (Å²) in [5.74, 6) is -0.171. The van der Waals surface area contributed by atoms with E-state index in [1.165, 1.54) is 267 Å². The third kappa shape index (κ3) is 40.7. The lowest BCUT2D eigenvalue weighted by molar-refractivity contribution is -0.185. The lowest BCUT2D eigenvalue weighted by Crippen LogP contribution is -2.45. The van der Waals surface area contributed by atoms with Crippen molar-refractivity contribution in [2.24, 2.45) is 0 Å². The van der Waals surface area contributed by atoms with Gasteiger partial charge in [-0.05, 0) is 105 Å². The average molecular weight is 1710 g/mol. The Morgan fingerprint density at radius 2 is 0.403 bits per heavy atom. The van der Waals surface area contributed by atoms with Crippen LogP contribution in [0.5, 0.6) is 0 Å². The van der Waals surface area contributed by atoms with Crippen LogP contribution in [-0.2, 0) is 24.0 Å². The van der Waals surface area contributed by atoms with Crippen molar-refractivity contribution in [3.8, 4) is 0 Å². The van der Waals surface area contributed by atoms with Gasteiger partial charge in [0.15, 0.2) is 0 Å². The molecule has 694 valence electrons. The number of amides is 5. The third-order valence-electron chi connectivity index (χ3n) is 27.4. The largest absolute Gasteiger partial charge is 0.286 e. The number of piperidine rings is 5. The molecule has 5 amide bonds. The molecule has 5 aromatic carbocycles. The molecule has 10 atom stereocenters. The molecule has 5 N–H and O–H groups in total. The Labute approximate surface area is 753 Å². The molecule has 5 aliphatic heterocycles.